The monoisotopic (exact) mass is 350 g/mol. The molecule has 1 unspecified atom stereocenters. The van der Waals surface area contributed by atoms with Crippen LogP contribution in [0.5, 0.6) is 5.75 Å². The lowest BCUT2D eigenvalue weighted by molar-refractivity contribution is 0.294. The number of rotatable bonds is 1. The molecule has 0 saturated carbocycles. The van der Waals surface area contributed by atoms with Crippen LogP contribution in [0.3, 0.4) is 0 Å². The van der Waals surface area contributed by atoms with Crippen LogP contribution in [0.2, 0.25) is 0 Å². The van der Waals surface area contributed by atoms with Gasteiger partial charge in [0.15, 0.2) is 9.84 Å². The highest BCUT2D eigenvalue weighted by Crippen LogP contribution is 2.42. The molecule has 22 heavy (non-hydrogen) atoms. The normalized spacial score (nSPS) is 22.3. The Kier molecular flexibility index (Phi) is 3.63. The summed E-state index contributed by atoms with van der Waals surface area (Å²) in [6, 6.07) is 12.9. The van der Waals surface area contributed by atoms with E-state index in [0.717, 1.165) is 17.1 Å². The lowest BCUT2D eigenvalue weighted by Gasteiger charge is -2.26. The van der Waals surface area contributed by atoms with Crippen LogP contribution in [0.25, 0.3) is 0 Å². The average Bonchev–Trinajstić information content (AvgIpc) is 2.54. The van der Waals surface area contributed by atoms with Crippen molar-refractivity contribution in [3.05, 3.63) is 48.0 Å². The predicted molar refractivity (Wildman–Crippen MR) is 89.8 cm³/mol. The van der Waals surface area contributed by atoms with Gasteiger partial charge in [-0.05, 0) is 29.8 Å². The van der Waals surface area contributed by atoms with E-state index in [1.807, 2.05) is 30.0 Å². The van der Waals surface area contributed by atoms with Gasteiger partial charge in [0.05, 0.1) is 0 Å². The van der Waals surface area contributed by atoms with Crippen LogP contribution in [0, 0.1) is 0 Å². The smallest absolute Gasteiger partial charge is 0.192 e. The predicted octanol–water partition coefficient (Wildman–Crippen LogP) is 3.79. The molecule has 0 aromatic heterocycles. The van der Waals surface area contributed by atoms with E-state index in [2.05, 4.69) is 0 Å². The second-order valence-corrected chi connectivity index (χ2v) is 9.57. The molecule has 1 atom stereocenters. The van der Waals surface area contributed by atoms with Crippen LogP contribution < -0.4 is 4.74 Å². The van der Waals surface area contributed by atoms with Crippen LogP contribution in [0.15, 0.2) is 57.2 Å². The van der Waals surface area contributed by atoms with E-state index in [0.29, 0.717) is 10.6 Å². The molecule has 4 rings (SSSR count). The minimum absolute atomic E-state index is 0.177. The Bertz CT molecular complexity index is 830. The van der Waals surface area contributed by atoms with E-state index in [1.165, 1.54) is 9.79 Å². The number of ether oxygens (including phenoxy) is 1. The Hall–Kier alpha value is -1.11. The van der Waals surface area contributed by atoms with Crippen molar-refractivity contribution in [2.24, 2.45) is 0 Å². The minimum Gasteiger partial charge on any atom is -0.490 e. The zero-order valence-electron chi connectivity index (χ0n) is 11.7. The Labute approximate surface area is 138 Å². The number of sulfone groups is 1. The highest BCUT2D eigenvalue weighted by molar-refractivity contribution is 8.05. The summed E-state index contributed by atoms with van der Waals surface area (Å²) in [7, 11) is -3.40. The summed E-state index contributed by atoms with van der Waals surface area (Å²) in [5, 5.41) is -0.625. The molecular formula is C16H14O3S3. The molecule has 2 aromatic rings. The van der Waals surface area contributed by atoms with Gasteiger partial charge in [0.2, 0.25) is 0 Å². The van der Waals surface area contributed by atoms with Crippen molar-refractivity contribution < 1.29 is 13.2 Å². The van der Waals surface area contributed by atoms with E-state index in [-0.39, 0.29) is 6.61 Å². The second kappa shape index (κ2) is 5.51. The molecule has 2 aliphatic rings. The fourth-order valence-corrected chi connectivity index (χ4v) is 6.74. The number of hydrogen-bond donors (Lipinski definition) is 0. The van der Waals surface area contributed by atoms with Gasteiger partial charge in [0, 0.05) is 21.3 Å². The van der Waals surface area contributed by atoms with Gasteiger partial charge in [-0.3, -0.25) is 0 Å². The first-order valence-electron chi connectivity index (χ1n) is 7.01. The lowest BCUT2D eigenvalue weighted by Crippen LogP contribution is -2.26. The fraction of sp³-hybridized carbons (Fsp3) is 0.250. The van der Waals surface area contributed by atoms with Gasteiger partial charge in [0.25, 0.3) is 0 Å². The van der Waals surface area contributed by atoms with Gasteiger partial charge in [-0.15, -0.1) is 23.5 Å². The summed E-state index contributed by atoms with van der Waals surface area (Å²) in [6.45, 7) is 0.177. The molecule has 2 heterocycles. The summed E-state index contributed by atoms with van der Waals surface area (Å²) in [4.78, 5) is 2.73. The zero-order valence-corrected chi connectivity index (χ0v) is 14.1. The van der Waals surface area contributed by atoms with Gasteiger partial charge in [-0.2, -0.15) is 0 Å². The minimum atomic E-state index is -3.40. The van der Waals surface area contributed by atoms with Crippen LogP contribution in [-0.4, -0.2) is 26.5 Å². The summed E-state index contributed by atoms with van der Waals surface area (Å²) >= 11 is 3.63. The Morgan fingerprint density at radius 1 is 1.00 bits per heavy atom. The quantitative estimate of drug-likeness (QED) is 0.783. The van der Waals surface area contributed by atoms with Crippen LogP contribution in [0.4, 0.5) is 0 Å². The molecule has 0 bridgehead atoms. The molecule has 0 aliphatic carbocycles. The van der Waals surface area contributed by atoms with E-state index in [4.69, 9.17) is 4.74 Å². The maximum atomic E-state index is 12.9. The van der Waals surface area contributed by atoms with E-state index < -0.39 is 15.1 Å². The van der Waals surface area contributed by atoms with E-state index in [9.17, 15) is 8.42 Å². The van der Waals surface area contributed by atoms with Crippen molar-refractivity contribution in [1.29, 1.82) is 0 Å². The molecular weight excluding hydrogens is 336 g/mol. The zero-order chi connectivity index (χ0) is 15.2. The molecule has 114 valence electrons. The standard InChI is InChI=1S/C16H14O3S3/c17-22(18)15-4-2-1-3-12(15)19-10-16(22)11-5-6-13-14(9-11)21-8-7-20-13/h1-6,9,16H,7-8,10H2. The third kappa shape index (κ3) is 2.33. The summed E-state index contributed by atoms with van der Waals surface area (Å²) < 4.78 is 31.4. The average molecular weight is 350 g/mol. The molecule has 0 fully saturated rings. The SMILES string of the molecule is O=S1(=O)c2ccccc2OCC1c1ccc2c(c1)SCCS2. The molecule has 3 nitrogen and oxygen atoms in total. The number of para-hydroxylation sites is 1. The first-order valence-corrected chi connectivity index (χ1v) is 10.5. The van der Waals surface area contributed by atoms with Gasteiger partial charge in [-0.1, -0.05) is 18.2 Å². The van der Waals surface area contributed by atoms with Gasteiger partial charge in [-0.25, -0.2) is 8.42 Å². The third-order valence-electron chi connectivity index (χ3n) is 3.86. The molecule has 0 N–H and O–H groups in total. The molecule has 2 aliphatic heterocycles. The van der Waals surface area contributed by atoms with Gasteiger partial charge in [0.1, 0.15) is 22.5 Å². The number of benzene rings is 2. The fourth-order valence-electron chi connectivity index (χ4n) is 2.75. The lowest BCUT2D eigenvalue weighted by atomic mass is 10.1. The summed E-state index contributed by atoms with van der Waals surface area (Å²) in [5.74, 6) is 2.63. The first kappa shape index (κ1) is 14.5. The molecule has 0 saturated heterocycles. The Balaban J connectivity index is 1.78. The van der Waals surface area contributed by atoms with Crippen molar-refractivity contribution in [3.63, 3.8) is 0 Å². The topological polar surface area (TPSA) is 43.4 Å². The molecule has 6 heteroatoms. The molecule has 0 amide bonds. The van der Waals surface area contributed by atoms with Crippen LogP contribution in [-0.2, 0) is 9.84 Å². The summed E-state index contributed by atoms with van der Waals surface area (Å²) in [5.41, 5.74) is 0.822. The Morgan fingerprint density at radius 2 is 1.77 bits per heavy atom. The van der Waals surface area contributed by atoms with Crippen molar-refractivity contribution in [2.75, 3.05) is 18.1 Å². The Morgan fingerprint density at radius 3 is 2.64 bits per heavy atom. The van der Waals surface area contributed by atoms with E-state index >= 15 is 0 Å². The second-order valence-electron chi connectivity index (χ2n) is 5.19. The molecule has 0 spiro atoms. The largest absolute Gasteiger partial charge is 0.490 e. The number of hydrogen-bond acceptors (Lipinski definition) is 5. The van der Waals surface area contributed by atoms with E-state index in [1.54, 1.807) is 36.0 Å². The van der Waals surface area contributed by atoms with Crippen LogP contribution in [0.1, 0.15) is 10.8 Å². The highest BCUT2D eigenvalue weighted by atomic mass is 32.2. The van der Waals surface area contributed by atoms with Crippen molar-refractivity contribution in [1.82, 2.24) is 0 Å². The number of fused-ring (bicyclic) bond motifs is 2. The van der Waals surface area contributed by atoms with Crippen molar-refractivity contribution in [3.8, 4) is 5.75 Å². The highest BCUT2D eigenvalue weighted by Gasteiger charge is 2.36. The summed E-state index contributed by atoms with van der Waals surface area (Å²) in [6.07, 6.45) is 0. The molecule has 2 aromatic carbocycles. The first-order chi connectivity index (χ1) is 10.7. The van der Waals surface area contributed by atoms with Gasteiger partial charge < -0.3 is 4.74 Å². The maximum Gasteiger partial charge on any atom is 0.192 e. The van der Waals surface area contributed by atoms with Gasteiger partial charge >= 0.3 is 0 Å². The van der Waals surface area contributed by atoms with Crippen LogP contribution >= 0.6 is 23.5 Å². The van der Waals surface area contributed by atoms with Crippen molar-refractivity contribution in [2.45, 2.75) is 19.9 Å². The molecule has 0 radical (unpaired) electrons. The third-order valence-corrected chi connectivity index (χ3v) is 8.49. The maximum absolute atomic E-state index is 12.9. The number of thioether (sulfide) groups is 2. The van der Waals surface area contributed by atoms with Crippen molar-refractivity contribution >= 4 is 33.4 Å².